The van der Waals surface area contributed by atoms with Crippen LogP contribution in [-0.2, 0) is 14.2 Å². The van der Waals surface area contributed by atoms with E-state index in [0.717, 1.165) is 6.07 Å². The van der Waals surface area contributed by atoms with E-state index in [9.17, 15) is 40.5 Å². The van der Waals surface area contributed by atoms with Gasteiger partial charge in [-0.25, -0.2) is 0 Å². The molecule has 42 heavy (non-hydrogen) atoms. The van der Waals surface area contributed by atoms with Crippen molar-refractivity contribution >= 4 is 5.78 Å². The lowest BCUT2D eigenvalue weighted by atomic mass is 9.95. The van der Waals surface area contributed by atoms with Crippen molar-refractivity contribution in [1.29, 1.82) is 0 Å². The second-order valence-electron chi connectivity index (χ2n) is 10.4. The van der Waals surface area contributed by atoms with Gasteiger partial charge in [-0.3, -0.25) is 4.79 Å². The number of rotatable bonds is 7. The molecule has 0 bridgehead atoms. The number of Topliss-reactive ketones (excluding diaryl/α,β-unsaturated/α-hetero) is 1. The van der Waals surface area contributed by atoms with Crippen molar-refractivity contribution < 1.29 is 69.0 Å². The van der Waals surface area contributed by atoms with Crippen molar-refractivity contribution in [2.45, 2.75) is 80.9 Å². The van der Waals surface area contributed by atoms with E-state index < -0.39 is 79.9 Å². The van der Waals surface area contributed by atoms with Gasteiger partial charge in [0.05, 0.1) is 26.2 Å². The highest BCUT2D eigenvalue weighted by atomic mass is 16.8. The molecular weight excluding hydrogens is 560 g/mol. The van der Waals surface area contributed by atoms with Crippen LogP contribution in [0, 0.1) is 0 Å². The smallest absolute Gasteiger partial charge is 0.229 e. The average Bonchev–Trinajstić information content (AvgIpc) is 2.97. The molecule has 11 atom stereocenters. The van der Waals surface area contributed by atoms with Crippen molar-refractivity contribution in [3.63, 3.8) is 0 Å². The zero-order valence-corrected chi connectivity index (χ0v) is 22.7. The summed E-state index contributed by atoms with van der Waals surface area (Å²) < 4.78 is 33.9. The van der Waals surface area contributed by atoms with Gasteiger partial charge in [-0.15, -0.1) is 0 Å². The molecule has 3 heterocycles. The van der Waals surface area contributed by atoms with Gasteiger partial charge in [0.2, 0.25) is 6.29 Å². The molecule has 5 rings (SSSR count). The number of ketones is 1. The Kier molecular flexibility index (Phi) is 8.89. The molecule has 2 aromatic rings. The molecule has 2 fully saturated rings. The molecule has 0 amide bonds. The molecule has 0 saturated carbocycles. The summed E-state index contributed by atoms with van der Waals surface area (Å²) in [5.41, 5.74) is 0.647. The van der Waals surface area contributed by atoms with Crippen LogP contribution < -0.4 is 14.2 Å². The minimum Gasteiger partial charge on any atom is -0.507 e. The molecular formula is C28H34O14. The summed E-state index contributed by atoms with van der Waals surface area (Å²) >= 11 is 0. The molecule has 2 saturated heterocycles. The molecule has 2 aromatic carbocycles. The number of hydrogen-bond donors (Lipinski definition) is 7. The Morgan fingerprint density at radius 3 is 2.26 bits per heavy atom. The van der Waals surface area contributed by atoms with Crippen LogP contribution in [0.1, 0.15) is 35.4 Å². The lowest BCUT2D eigenvalue weighted by Gasteiger charge is -2.45. The average molecular weight is 595 g/mol. The third-order valence-corrected chi connectivity index (χ3v) is 7.64. The lowest BCUT2D eigenvalue weighted by Crippen LogP contribution is -2.64. The number of carbonyl (C=O) groups is 1. The van der Waals surface area contributed by atoms with E-state index in [1.54, 1.807) is 24.3 Å². The highest BCUT2D eigenvalue weighted by molar-refractivity contribution is 6.02. The summed E-state index contributed by atoms with van der Waals surface area (Å²) in [5, 5.41) is 72.3. The number of ether oxygens (including phenoxy) is 6. The van der Waals surface area contributed by atoms with Gasteiger partial charge in [-0.05, 0) is 24.6 Å². The second-order valence-corrected chi connectivity index (χ2v) is 10.4. The number of phenolic OH excluding ortho intramolecular Hbond substituents is 1. The fourth-order valence-electron chi connectivity index (χ4n) is 5.20. The third kappa shape index (κ3) is 5.77. The van der Waals surface area contributed by atoms with Crippen LogP contribution in [0.25, 0.3) is 0 Å². The maximum absolute atomic E-state index is 12.9. The number of aliphatic hydroxyl groups excluding tert-OH is 6. The predicted octanol–water partition coefficient (Wildman–Crippen LogP) is -0.862. The summed E-state index contributed by atoms with van der Waals surface area (Å²) in [7, 11) is 1.53. The Balaban J connectivity index is 1.40. The third-order valence-electron chi connectivity index (χ3n) is 7.64. The van der Waals surface area contributed by atoms with E-state index in [1.165, 1.54) is 20.1 Å². The molecule has 0 aliphatic carbocycles. The van der Waals surface area contributed by atoms with Gasteiger partial charge >= 0.3 is 0 Å². The summed E-state index contributed by atoms with van der Waals surface area (Å²) in [4.78, 5) is 12.9. The largest absolute Gasteiger partial charge is 0.507 e. The van der Waals surface area contributed by atoms with Crippen LogP contribution in [-0.4, -0.2) is 117 Å². The minimum atomic E-state index is -1.74. The van der Waals surface area contributed by atoms with Crippen molar-refractivity contribution in [2.75, 3.05) is 13.7 Å². The summed E-state index contributed by atoms with van der Waals surface area (Å²) in [6, 6.07) is 9.42. The van der Waals surface area contributed by atoms with Gasteiger partial charge in [0.1, 0.15) is 71.3 Å². The maximum atomic E-state index is 12.9. The van der Waals surface area contributed by atoms with Gasteiger partial charge < -0.3 is 64.2 Å². The number of methoxy groups -OCH3 is 1. The van der Waals surface area contributed by atoms with Gasteiger partial charge in [0.25, 0.3) is 0 Å². The van der Waals surface area contributed by atoms with Crippen molar-refractivity contribution in [2.24, 2.45) is 0 Å². The van der Waals surface area contributed by atoms with Crippen molar-refractivity contribution in [1.82, 2.24) is 0 Å². The monoisotopic (exact) mass is 594 g/mol. The standard InChI is InChI=1S/C28H34O14/c1-11-21(32)23(34)25(36)27(38-11)42-26-24(35)22(33)19(10-29)41-28(26)39-14-7-15(30)20-16(31)9-17(40-18(20)8-14)12-3-5-13(37-2)6-4-12/h3-8,11,17,19,21-30,32-36H,9-10H2,1-2H3/t11-,17-,19-,21-,22+,23-,24+,25-,26+,27-,28+/m0/s1. The number of hydrogen-bond acceptors (Lipinski definition) is 14. The summed E-state index contributed by atoms with van der Waals surface area (Å²) in [6.45, 7) is 0.733. The first-order chi connectivity index (χ1) is 20.0. The Morgan fingerprint density at radius 1 is 0.881 bits per heavy atom. The molecule has 0 unspecified atom stereocenters. The SMILES string of the molecule is COc1ccc([C@@H]2CC(=O)c3c(O)cc(O[C@@H]4O[C@@H](CO)[C@@H](O)[C@@H](O)[C@H]4O[C@@H]4O[C@@H](C)[C@H](O)[C@H](O)[C@@H]4O)cc3O2)cc1. The normalized spacial score (nSPS) is 36.6. The first-order valence-electron chi connectivity index (χ1n) is 13.4. The van der Waals surface area contributed by atoms with Gasteiger partial charge in [0.15, 0.2) is 18.2 Å². The number of fused-ring (bicyclic) bond motifs is 1. The van der Waals surface area contributed by atoms with E-state index in [-0.39, 0.29) is 29.3 Å². The van der Waals surface area contributed by atoms with E-state index in [1.807, 2.05) is 0 Å². The van der Waals surface area contributed by atoms with Crippen molar-refractivity contribution in [3.05, 3.63) is 47.5 Å². The molecule has 14 heteroatoms. The quantitative estimate of drug-likeness (QED) is 0.208. The van der Waals surface area contributed by atoms with Crippen LogP contribution in [0.5, 0.6) is 23.0 Å². The summed E-state index contributed by atoms with van der Waals surface area (Å²) in [5.74, 6) is -0.244. The highest BCUT2D eigenvalue weighted by Gasteiger charge is 2.51. The summed E-state index contributed by atoms with van der Waals surface area (Å²) in [6.07, 6.45) is -15.8. The second kappa shape index (κ2) is 12.3. The lowest BCUT2D eigenvalue weighted by molar-refractivity contribution is -0.354. The number of benzene rings is 2. The van der Waals surface area contributed by atoms with Crippen molar-refractivity contribution in [3.8, 4) is 23.0 Å². The fraction of sp³-hybridized carbons (Fsp3) is 0.536. The van der Waals surface area contributed by atoms with Gasteiger partial charge in [-0.1, -0.05) is 12.1 Å². The van der Waals surface area contributed by atoms with E-state index in [0.29, 0.717) is 11.3 Å². The van der Waals surface area contributed by atoms with E-state index >= 15 is 0 Å². The first kappa shape index (κ1) is 30.4. The van der Waals surface area contributed by atoms with Gasteiger partial charge in [-0.2, -0.15) is 0 Å². The number of aliphatic hydroxyl groups is 6. The molecule has 14 nitrogen and oxygen atoms in total. The Labute approximate surface area is 240 Å². The van der Waals surface area contributed by atoms with Crippen LogP contribution in [0.15, 0.2) is 36.4 Å². The molecule has 7 N–H and O–H groups in total. The number of aromatic hydroxyl groups is 1. The Hall–Kier alpha value is -3.05. The van der Waals surface area contributed by atoms with E-state index in [4.69, 9.17) is 28.4 Å². The van der Waals surface area contributed by atoms with Crippen LogP contribution in [0.3, 0.4) is 0 Å². The predicted molar refractivity (Wildman–Crippen MR) is 139 cm³/mol. The fourth-order valence-corrected chi connectivity index (χ4v) is 5.20. The number of carbonyl (C=O) groups excluding carboxylic acids is 1. The van der Waals surface area contributed by atoms with Crippen LogP contribution >= 0.6 is 0 Å². The molecule has 230 valence electrons. The first-order valence-corrected chi connectivity index (χ1v) is 13.4. The molecule has 0 aromatic heterocycles. The Morgan fingerprint density at radius 2 is 1.60 bits per heavy atom. The number of phenols is 1. The molecule has 0 spiro atoms. The minimum absolute atomic E-state index is 0.0200. The molecule has 3 aliphatic rings. The van der Waals surface area contributed by atoms with Crippen LogP contribution in [0.4, 0.5) is 0 Å². The topological polar surface area (TPSA) is 214 Å². The maximum Gasteiger partial charge on any atom is 0.229 e. The highest BCUT2D eigenvalue weighted by Crippen LogP contribution is 2.43. The van der Waals surface area contributed by atoms with E-state index in [2.05, 4.69) is 0 Å². The zero-order valence-electron chi connectivity index (χ0n) is 22.7. The van der Waals surface area contributed by atoms with Gasteiger partial charge in [0, 0.05) is 12.1 Å². The molecule has 0 radical (unpaired) electrons. The zero-order chi connectivity index (χ0) is 30.3. The molecule has 3 aliphatic heterocycles. The van der Waals surface area contributed by atoms with Crippen LogP contribution in [0.2, 0.25) is 0 Å². The Bertz CT molecular complexity index is 1250.